The molecule has 2 rings (SSSR count). The van der Waals surface area contributed by atoms with E-state index < -0.39 is 0 Å². The summed E-state index contributed by atoms with van der Waals surface area (Å²) in [5.74, 6) is 0.914. The van der Waals surface area contributed by atoms with Crippen molar-refractivity contribution in [2.24, 2.45) is 5.92 Å². The Hall–Kier alpha value is -0.340. The summed E-state index contributed by atoms with van der Waals surface area (Å²) in [5.41, 5.74) is 1.40. The van der Waals surface area contributed by atoms with Gasteiger partial charge in [0.2, 0.25) is 0 Å². The molecule has 1 aliphatic carbocycles. The van der Waals surface area contributed by atoms with Gasteiger partial charge in [0.05, 0.1) is 0 Å². The summed E-state index contributed by atoms with van der Waals surface area (Å²) in [4.78, 5) is 0. The van der Waals surface area contributed by atoms with Gasteiger partial charge >= 0.3 is 0 Å². The third kappa shape index (κ3) is 2.86. The maximum atomic E-state index is 3.76. The zero-order chi connectivity index (χ0) is 11.5. The van der Waals surface area contributed by atoms with Gasteiger partial charge in [-0.3, -0.25) is 0 Å². The number of rotatable bonds is 4. The van der Waals surface area contributed by atoms with Crippen molar-refractivity contribution >= 4 is 15.9 Å². The molecule has 1 fully saturated rings. The highest BCUT2D eigenvalue weighted by Crippen LogP contribution is 2.30. The summed E-state index contributed by atoms with van der Waals surface area (Å²) in [5, 5.41) is 3.76. The van der Waals surface area contributed by atoms with Crippen molar-refractivity contribution in [1.82, 2.24) is 5.32 Å². The molecule has 1 unspecified atom stereocenters. The van der Waals surface area contributed by atoms with E-state index in [1.807, 2.05) is 0 Å². The third-order valence-corrected chi connectivity index (χ3v) is 3.96. The maximum absolute atomic E-state index is 3.76. The van der Waals surface area contributed by atoms with Crippen molar-refractivity contribution < 1.29 is 0 Å². The van der Waals surface area contributed by atoms with Gasteiger partial charge in [-0.2, -0.15) is 0 Å². The fourth-order valence-electron chi connectivity index (χ4n) is 2.50. The minimum absolute atomic E-state index is 0.509. The molecule has 0 spiro atoms. The SMILES string of the molecule is CCC(NC1CC(C)C1)c1cccc(Br)c1. The maximum Gasteiger partial charge on any atom is 0.0320 e. The van der Waals surface area contributed by atoms with Crippen molar-refractivity contribution in [3.63, 3.8) is 0 Å². The van der Waals surface area contributed by atoms with E-state index in [-0.39, 0.29) is 0 Å². The average molecular weight is 282 g/mol. The van der Waals surface area contributed by atoms with Crippen molar-refractivity contribution in [3.8, 4) is 0 Å². The molecular weight excluding hydrogens is 262 g/mol. The number of nitrogens with one attached hydrogen (secondary N) is 1. The fourth-order valence-corrected chi connectivity index (χ4v) is 2.91. The van der Waals surface area contributed by atoms with Crippen molar-refractivity contribution in [2.75, 3.05) is 0 Å². The van der Waals surface area contributed by atoms with Gasteiger partial charge in [0, 0.05) is 16.6 Å². The minimum atomic E-state index is 0.509. The second-order valence-electron chi connectivity index (χ2n) is 4.96. The zero-order valence-electron chi connectivity index (χ0n) is 10.0. The van der Waals surface area contributed by atoms with E-state index in [4.69, 9.17) is 0 Å². The Labute approximate surface area is 107 Å². The average Bonchev–Trinajstić information content (AvgIpc) is 2.22. The van der Waals surface area contributed by atoms with E-state index in [0.29, 0.717) is 6.04 Å². The van der Waals surface area contributed by atoms with Crippen LogP contribution in [0.15, 0.2) is 28.7 Å². The molecule has 16 heavy (non-hydrogen) atoms. The van der Waals surface area contributed by atoms with Crippen LogP contribution in [0, 0.1) is 5.92 Å². The highest BCUT2D eigenvalue weighted by Gasteiger charge is 2.27. The molecule has 1 aliphatic rings. The van der Waals surface area contributed by atoms with Gasteiger partial charge < -0.3 is 5.32 Å². The van der Waals surface area contributed by atoms with Crippen LogP contribution in [-0.2, 0) is 0 Å². The first-order valence-electron chi connectivity index (χ1n) is 6.20. The van der Waals surface area contributed by atoms with Crippen LogP contribution >= 0.6 is 15.9 Å². The number of hydrogen-bond acceptors (Lipinski definition) is 1. The summed E-state index contributed by atoms with van der Waals surface area (Å²) < 4.78 is 1.17. The summed E-state index contributed by atoms with van der Waals surface area (Å²) in [6.07, 6.45) is 3.83. The molecular formula is C14H20BrN. The van der Waals surface area contributed by atoms with Crippen LogP contribution in [0.25, 0.3) is 0 Å². The molecule has 0 amide bonds. The van der Waals surface area contributed by atoms with Crippen LogP contribution < -0.4 is 5.32 Å². The van der Waals surface area contributed by atoms with Crippen molar-refractivity contribution in [3.05, 3.63) is 34.3 Å². The van der Waals surface area contributed by atoms with Gasteiger partial charge in [-0.1, -0.05) is 41.9 Å². The highest BCUT2D eigenvalue weighted by molar-refractivity contribution is 9.10. The predicted molar refractivity (Wildman–Crippen MR) is 72.5 cm³/mol. The quantitative estimate of drug-likeness (QED) is 0.868. The lowest BCUT2D eigenvalue weighted by Crippen LogP contribution is -2.41. The minimum Gasteiger partial charge on any atom is -0.307 e. The lowest BCUT2D eigenvalue weighted by Gasteiger charge is -2.36. The van der Waals surface area contributed by atoms with Crippen LogP contribution in [0.2, 0.25) is 0 Å². The standard InChI is InChI=1S/C14H20BrN/c1-3-14(16-13-7-10(2)8-13)11-5-4-6-12(15)9-11/h4-6,9-10,13-14,16H,3,7-8H2,1-2H3. The Kier molecular flexibility index (Phi) is 4.04. The lowest BCUT2D eigenvalue weighted by atomic mass is 9.81. The summed E-state index contributed by atoms with van der Waals surface area (Å²) in [7, 11) is 0. The van der Waals surface area contributed by atoms with Crippen molar-refractivity contribution in [2.45, 2.75) is 45.2 Å². The summed E-state index contributed by atoms with van der Waals surface area (Å²) >= 11 is 3.54. The Bertz CT molecular complexity index is 344. The van der Waals surface area contributed by atoms with E-state index in [1.165, 1.54) is 22.9 Å². The second kappa shape index (κ2) is 5.33. The first kappa shape index (κ1) is 12.1. The Morgan fingerprint density at radius 2 is 2.19 bits per heavy atom. The molecule has 0 aromatic heterocycles. The first-order chi connectivity index (χ1) is 7.69. The molecule has 2 heteroatoms. The van der Waals surface area contributed by atoms with E-state index in [1.54, 1.807) is 0 Å². The Balaban J connectivity index is 1.99. The molecule has 0 aliphatic heterocycles. The second-order valence-corrected chi connectivity index (χ2v) is 5.87. The van der Waals surface area contributed by atoms with E-state index in [0.717, 1.165) is 18.4 Å². The molecule has 0 bridgehead atoms. The van der Waals surface area contributed by atoms with Crippen LogP contribution in [-0.4, -0.2) is 6.04 Å². The Morgan fingerprint density at radius 1 is 1.44 bits per heavy atom. The molecule has 1 N–H and O–H groups in total. The van der Waals surface area contributed by atoms with Gasteiger partial charge in [-0.25, -0.2) is 0 Å². The number of hydrogen-bond donors (Lipinski definition) is 1. The molecule has 1 aromatic rings. The fraction of sp³-hybridized carbons (Fsp3) is 0.571. The predicted octanol–water partition coefficient (Wildman–Crippen LogP) is 4.29. The molecule has 0 radical (unpaired) electrons. The normalized spacial score (nSPS) is 26.2. The van der Waals surface area contributed by atoms with Gasteiger partial charge in [0.15, 0.2) is 0 Å². The van der Waals surface area contributed by atoms with Crippen molar-refractivity contribution in [1.29, 1.82) is 0 Å². The van der Waals surface area contributed by atoms with Gasteiger partial charge in [0.1, 0.15) is 0 Å². The topological polar surface area (TPSA) is 12.0 Å². The molecule has 1 aromatic carbocycles. The van der Waals surface area contributed by atoms with Crippen LogP contribution in [0.1, 0.15) is 44.7 Å². The molecule has 1 atom stereocenters. The smallest absolute Gasteiger partial charge is 0.0320 e. The zero-order valence-corrected chi connectivity index (χ0v) is 11.6. The summed E-state index contributed by atoms with van der Waals surface area (Å²) in [6, 6.07) is 9.89. The van der Waals surface area contributed by atoms with E-state index in [9.17, 15) is 0 Å². The largest absolute Gasteiger partial charge is 0.307 e. The Morgan fingerprint density at radius 3 is 2.75 bits per heavy atom. The van der Waals surface area contributed by atoms with E-state index in [2.05, 4.69) is 59.4 Å². The van der Waals surface area contributed by atoms with Crippen LogP contribution in [0.5, 0.6) is 0 Å². The number of benzene rings is 1. The molecule has 1 saturated carbocycles. The van der Waals surface area contributed by atoms with Crippen LogP contribution in [0.4, 0.5) is 0 Å². The first-order valence-corrected chi connectivity index (χ1v) is 7.00. The van der Waals surface area contributed by atoms with E-state index >= 15 is 0 Å². The monoisotopic (exact) mass is 281 g/mol. The molecule has 1 nitrogen and oxygen atoms in total. The van der Waals surface area contributed by atoms with Crippen LogP contribution in [0.3, 0.4) is 0 Å². The molecule has 88 valence electrons. The highest BCUT2D eigenvalue weighted by atomic mass is 79.9. The molecule has 0 heterocycles. The third-order valence-electron chi connectivity index (χ3n) is 3.47. The lowest BCUT2D eigenvalue weighted by molar-refractivity contribution is 0.220. The van der Waals surface area contributed by atoms with Gasteiger partial charge in [0.25, 0.3) is 0 Å². The molecule has 0 saturated heterocycles. The number of halogens is 1. The summed E-state index contributed by atoms with van der Waals surface area (Å²) in [6.45, 7) is 4.58. The van der Waals surface area contributed by atoms with Gasteiger partial charge in [-0.15, -0.1) is 0 Å². The van der Waals surface area contributed by atoms with Gasteiger partial charge in [-0.05, 0) is 42.9 Å².